The number of hydrogen-bond donors (Lipinski definition) is 1. The number of carbonyl (C=O) groups excluding carboxylic acids is 1. The number of halogens is 1. The van der Waals surface area contributed by atoms with Crippen LogP contribution in [0.5, 0.6) is 0 Å². The number of nitrogens with one attached hydrogen (secondary N) is 1. The molecule has 32 heavy (non-hydrogen) atoms. The van der Waals surface area contributed by atoms with E-state index in [1.54, 1.807) is 13.0 Å². The summed E-state index contributed by atoms with van der Waals surface area (Å²) in [5, 5.41) is 3.92. The fraction of sp³-hybridized carbons (Fsp3) is 0.185. The zero-order chi connectivity index (χ0) is 22.5. The number of carbonyl (C=O) groups is 1. The van der Waals surface area contributed by atoms with Crippen molar-refractivity contribution >= 4 is 22.6 Å². The molecule has 4 nitrogen and oxygen atoms in total. The molecule has 5 heteroatoms. The van der Waals surface area contributed by atoms with Crippen molar-refractivity contribution in [3.8, 4) is 22.4 Å². The lowest BCUT2D eigenvalue weighted by molar-refractivity contribution is -0.142. The number of esters is 1. The second-order valence-corrected chi connectivity index (χ2v) is 7.64. The van der Waals surface area contributed by atoms with Crippen LogP contribution >= 0.6 is 0 Å². The van der Waals surface area contributed by atoms with E-state index in [0.717, 1.165) is 28.1 Å². The average molecular weight is 429 g/mol. The van der Waals surface area contributed by atoms with Gasteiger partial charge >= 0.3 is 5.97 Å². The SMILES string of the molecule is CCOC(=O)CCNc1cc(-c2ccc(-c3ccc(C)cc3)cc2)nc2ccc(F)cc12. The number of pyridine rings is 1. The Morgan fingerprint density at radius 3 is 2.28 bits per heavy atom. The van der Waals surface area contributed by atoms with Gasteiger partial charge in [0.25, 0.3) is 0 Å². The molecule has 0 bridgehead atoms. The van der Waals surface area contributed by atoms with Gasteiger partial charge in [-0.05, 0) is 49.2 Å². The van der Waals surface area contributed by atoms with Crippen molar-refractivity contribution in [2.45, 2.75) is 20.3 Å². The Labute approximate surface area is 187 Å². The summed E-state index contributed by atoms with van der Waals surface area (Å²) >= 11 is 0. The molecule has 0 aliphatic rings. The third-order valence-corrected chi connectivity index (χ3v) is 5.29. The number of nitrogens with zero attached hydrogens (tertiary/aromatic N) is 1. The first-order valence-electron chi connectivity index (χ1n) is 10.7. The molecule has 3 aromatic carbocycles. The average Bonchev–Trinajstić information content (AvgIpc) is 2.80. The van der Waals surface area contributed by atoms with E-state index in [2.05, 4.69) is 48.6 Å². The van der Waals surface area contributed by atoms with Crippen molar-refractivity contribution in [3.05, 3.63) is 84.2 Å². The highest BCUT2D eigenvalue weighted by atomic mass is 19.1. The largest absolute Gasteiger partial charge is 0.466 e. The number of aromatic nitrogens is 1. The number of ether oxygens (including phenoxy) is 1. The standard InChI is InChI=1S/C27H25FN2O2/c1-3-32-27(31)14-15-29-26-17-25(30-24-13-12-22(28)16-23(24)26)21-10-8-20(9-11-21)19-6-4-18(2)5-7-19/h4-13,16-17H,3,14-15H2,1-2H3,(H,29,30). The molecule has 0 radical (unpaired) electrons. The van der Waals surface area contributed by atoms with E-state index >= 15 is 0 Å². The molecule has 1 aromatic heterocycles. The molecule has 0 spiro atoms. The summed E-state index contributed by atoms with van der Waals surface area (Å²) in [5.41, 5.74) is 6.67. The molecule has 162 valence electrons. The van der Waals surface area contributed by atoms with Gasteiger partial charge in [0.1, 0.15) is 5.82 Å². The van der Waals surface area contributed by atoms with E-state index in [-0.39, 0.29) is 18.2 Å². The molecule has 0 unspecified atom stereocenters. The van der Waals surface area contributed by atoms with Crippen LogP contribution in [-0.2, 0) is 9.53 Å². The lowest BCUT2D eigenvalue weighted by Gasteiger charge is -2.13. The van der Waals surface area contributed by atoms with Gasteiger partial charge in [0.05, 0.1) is 24.2 Å². The van der Waals surface area contributed by atoms with E-state index in [1.165, 1.54) is 17.7 Å². The number of anilines is 1. The van der Waals surface area contributed by atoms with Crippen molar-refractivity contribution in [2.24, 2.45) is 0 Å². The topological polar surface area (TPSA) is 51.2 Å². The molecule has 0 fully saturated rings. The number of aryl methyl sites for hydroxylation is 1. The van der Waals surface area contributed by atoms with Crippen LogP contribution in [0.3, 0.4) is 0 Å². The molecule has 1 N–H and O–H groups in total. The Balaban J connectivity index is 1.64. The van der Waals surface area contributed by atoms with Crippen LogP contribution in [0.1, 0.15) is 18.9 Å². The highest BCUT2D eigenvalue weighted by molar-refractivity contribution is 5.94. The van der Waals surface area contributed by atoms with Crippen molar-refractivity contribution in [3.63, 3.8) is 0 Å². The van der Waals surface area contributed by atoms with Gasteiger partial charge in [-0.2, -0.15) is 0 Å². The fourth-order valence-electron chi connectivity index (χ4n) is 3.60. The first-order chi connectivity index (χ1) is 15.5. The smallest absolute Gasteiger partial charge is 0.307 e. The lowest BCUT2D eigenvalue weighted by atomic mass is 10.0. The van der Waals surface area contributed by atoms with Gasteiger partial charge < -0.3 is 10.1 Å². The Hall–Kier alpha value is -3.73. The molecule has 4 rings (SSSR count). The van der Waals surface area contributed by atoms with E-state index < -0.39 is 0 Å². The Bertz CT molecular complexity index is 1240. The summed E-state index contributed by atoms with van der Waals surface area (Å²) in [5.74, 6) is -0.598. The van der Waals surface area contributed by atoms with Gasteiger partial charge in [-0.15, -0.1) is 0 Å². The minimum atomic E-state index is -0.331. The summed E-state index contributed by atoms with van der Waals surface area (Å²) in [6, 6.07) is 23.1. The van der Waals surface area contributed by atoms with Crippen LogP contribution in [-0.4, -0.2) is 24.1 Å². The van der Waals surface area contributed by atoms with Gasteiger partial charge in [-0.1, -0.05) is 54.1 Å². The second-order valence-electron chi connectivity index (χ2n) is 7.64. The maximum Gasteiger partial charge on any atom is 0.307 e. The summed E-state index contributed by atoms with van der Waals surface area (Å²) in [7, 11) is 0. The summed E-state index contributed by atoms with van der Waals surface area (Å²) in [6.45, 7) is 4.59. The Kier molecular flexibility index (Phi) is 6.45. The maximum atomic E-state index is 13.9. The second kappa shape index (κ2) is 9.60. The van der Waals surface area contributed by atoms with Crippen LogP contribution in [0.15, 0.2) is 72.8 Å². The predicted octanol–water partition coefficient (Wildman–Crippen LogP) is 6.38. The summed E-state index contributed by atoms with van der Waals surface area (Å²) < 4.78 is 18.9. The van der Waals surface area contributed by atoms with Crippen molar-refractivity contribution in [1.29, 1.82) is 0 Å². The van der Waals surface area contributed by atoms with Gasteiger partial charge in [-0.3, -0.25) is 4.79 Å². The van der Waals surface area contributed by atoms with E-state index in [0.29, 0.717) is 24.1 Å². The van der Waals surface area contributed by atoms with E-state index in [4.69, 9.17) is 9.72 Å². The lowest BCUT2D eigenvalue weighted by Crippen LogP contribution is -2.11. The number of hydrogen-bond acceptors (Lipinski definition) is 4. The van der Waals surface area contributed by atoms with Gasteiger partial charge in [0.2, 0.25) is 0 Å². The Morgan fingerprint density at radius 2 is 1.59 bits per heavy atom. The quantitative estimate of drug-likeness (QED) is 0.347. The van der Waals surface area contributed by atoms with Crippen LogP contribution in [0.2, 0.25) is 0 Å². The summed E-state index contributed by atoms with van der Waals surface area (Å²) in [6.07, 6.45) is 0.230. The number of fused-ring (bicyclic) bond motifs is 1. The Morgan fingerprint density at radius 1 is 0.938 bits per heavy atom. The van der Waals surface area contributed by atoms with Crippen LogP contribution < -0.4 is 5.32 Å². The van der Waals surface area contributed by atoms with Crippen LogP contribution in [0, 0.1) is 12.7 Å². The van der Waals surface area contributed by atoms with E-state index in [9.17, 15) is 9.18 Å². The first-order valence-corrected chi connectivity index (χ1v) is 10.7. The third kappa shape index (κ3) is 4.94. The zero-order valence-electron chi connectivity index (χ0n) is 18.2. The van der Waals surface area contributed by atoms with Crippen molar-refractivity contribution in [1.82, 2.24) is 4.98 Å². The van der Waals surface area contributed by atoms with Gasteiger partial charge in [-0.25, -0.2) is 9.37 Å². The van der Waals surface area contributed by atoms with Crippen LogP contribution in [0.4, 0.5) is 10.1 Å². The molecule has 0 atom stereocenters. The molecule has 1 heterocycles. The molecule has 4 aromatic rings. The normalized spacial score (nSPS) is 10.8. The zero-order valence-corrected chi connectivity index (χ0v) is 18.2. The molecule has 0 aliphatic carbocycles. The molecule has 0 amide bonds. The molecule has 0 aliphatic heterocycles. The fourth-order valence-corrected chi connectivity index (χ4v) is 3.60. The summed E-state index contributed by atoms with van der Waals surface area (Å²) in [4.78, 5) is 16.4. The molecular formula is C27H25FN2O2. The third-order valence-electron chi connectivity index (χ3n) is 5.29. The van der Waals surface area contributed by atoms with E-state index in [1.807, 2.05) is 18.2 Å². The first kappa shape index (κ1) is 21.5. The highest BCUT2D eigenvalue weighted by Crippen LogP contribution is 2.30. The molecular weight excluding hydrogens is 403 g/mol. The van der Waals surface area contributed by atoms with Gasteiger partial charge in [0.15, 0.2) is 0 Å². The predicted molar refractivity (Wildman–Crippen MR) is 127 cm³/mol. The van der Waals surface area contributed by atoms with Crippen molar-refractivity contribution < 1.29 is 13.9 Å². The molecule has 0 saturated carbocycles. The maximum absolute atomic E-state index is 13.9. The number of benzene rings is 3. The number of rotatable bonds is 7. The van der Waals surface area contributed by atoms with Gasteiger partial charge in [0, 0.05) is 23.2 Å². The highest BCUT2D eigenvalue weighted by Gasteiger charge is 2.10. The minimum Gasteiger partial charge on any atom is -0.466 e. The van der Waals surface area contributed by atoms with Crippen molar-refractivity contribution in [2.75, 3.05) is 18.5 Å². The monoisotopic (exact) mass is 428 g/mol. The molecule has 0 saturated heterocycles. The minimum absolute atomic E-state index is 0.230. The van der Waals surface area contributed by atoms with Crippen LogP contribution in [0.25, 0.3) is 33.3 Å².